The van der Waals surface area contributed by atoms with E-state index in [0.29, 0.717) is 5.75 Å². The lowest BCUT2D eigenvalue weighted by Crippen LogP contribution is -2.21. The second-order valence-electron chi connectivity index (χ2n) is 6.51. The summed E-state index contributed by atoms with van der Waals surface area (Å²) in [6.07, 6.45) is 3.25. The fourth-order valence-electron chi connectivity index (χ4n) is 3.27. The van der Waals surface area contributed by atoms with Gasteiger partial charge in [-0.05, 0) is 44.0 Å². The first-order valence-electron chi connectivity index (χ1n) is 7.78. The molecule has 1 heterocycles. The lowest BCUT2D eigenvalue weighted by Gasteiger charge is -2.19. The first kappa shape index (κ1) is 15.2. The van der Waals surface area contributed by atoms with E-state index in [1.165, 1.54) is 0 Å². The van der Waals surface area contributed by atoms with Gasteiger partial charge in [0.1, 0.15) is 6.10 Å². The Balaban J connectivity index is 1.77. The number of benzene rings is 1. The monoisotopic (exact) mass is 305 g/mol. The molecule has 5 nitrogen and oxygen atoms in total. The number of likely N-dealkylation sites (tertiary alicyclic amines) is 1. The number of likely N-dealkylation sites (N-methyl/N-ethyl adjacent to an activating group) is 1. The molecule has 22 heavy (non-hydrogen) atoms. The normalized spacial score (nSPS) is 23.3. The smallest absolute Gasteiger partial charge is 0.304 e. The van der Waals surface area contributed by atoms with Crippen LogP contribution in [0.4, 0.5) is 0 Å². The van der Waals surface area contributed by atoms with Crippen molar-refractivity contribution in [1.82, 2.24) is 4.90 Å². The van der Waals surface area contributed by atoms with Crippen LogP contribution in [0.3, 0.4) is 0 Å². The summed E-state index contributed by atoms with van der Waals surface area (Å²) in [4.78, 5) is 13.3. The second-order valence-corrected chi connectivity index (χ2v) is 6.51. The summed E-state index contributed by atoms with van der Waals surface area (Å²) in [6.45, 7) is 1.97. The third kappa shape index (κ3) is 3.04. The van der Waals surface area contributed by atoms with Crippen molar-refractivity contribution in [2.24, 2.45) is 0 Å². The van der Waals surface area contributed by atoms with Crippen LogP contribution in [0.25, 0.3) is 0 Å². The van der Waals surface area contributed by atoms with E-state index in [9.17, 15) is 4.79 Å². The van der Waals surface area contributed by atoms with Crippen molar-refractivity contribution < 1.29 is 19.4 Å². The molecule has 0 radical (unpaired) electrons. The number of carboxylic acids is 1. The summed E-state index contributed by atoms with van der Waals surface area (Å²) in [5, 5.41) is 9.09. The van der Waals surface area contributed by atoms with Crippen molar-refractivity contribution >= 4 is 5.97 Å². The molecule has 0 bridgehead atoms. The van der Waals surface area contributed by atoms with Crippen LogP contribution in [0.1, 0.15) is 31.2 Å². The SMILES string of the molecule is COc1cc(C2(CC(=O)O)CC2)ccc1OC1CCN(C)C1. The van der Waals surface area contributed by atoms with Crippen LogP contribution in [-0.2, 0) is 10.2 Å². The molecule has 1 saturated heterocycles. The van der Waals surface area contributed by atoms with Crippen LogP contribution in [0, 0.1) is 0 Å². The van der Waals surface area contributed by atoms with Gasteiger partial charge < -0.3 is 19.5 Å². The van der Waals surface area contributed by atoms with Gasteiger partial charge in [0.25, 0.3) is 0 Å². The number of ether oxygens (including phenoxy) is 2. The molecule has 1 aromatic carbocycles. The Hall–Kier alpha value is -1.75. The summed E-state index contributed by atoms with van der Waals surface area (Å²) in [5.74, 6) is 0.701. The maximum absolute atomic E-state index is 11.0. The van der Waals surface area contributed by atoms with Crippen molar-refractivity contribution in [2.45, 2.75) is 37.2 Å². The summed E-state index contributed by atoms with van der Waals surface area (Å²) < 4.78 is 11.5. The van der Waals surface area contributed by atoms with Crippen molar-refractivity contribution in [2.75, 3.05) is 27.2 Å². The van der Waals surface area contributed by atoms with E-state index in [1.807, 2.05) is 18.2 Å². The van der Waals surface area contributed by atoms with Gasteiger partial charge in [-0.2, -0.15) is 0 Å². The highest BCUT2D eigenvalue weighted by Gasteiger charge is 2.46. The summed E-state index contributed by atoms with van der Waals surface area (Å²) in [6, 6.07) is 5.87. The van der Waals surface area contributed by atoms with E-state index in [4.69, 9.17) is 14.6 Å². The zero-order chi connectivity index (χ0) is 15.7. The first-order chi connectivity index (χ1) is 10.5. The number of hydrogen-bond acceptors (Lipinski definition) is 4. The molecular formula is C17H23NO4. The van der Waals surface area contributed by atoms with E-state index in [0.717, 1.165) is 43.7 Å². The number of rotatable bonds is 6. The highest BCUT2D eigenvalue weighted by Crippen LogP contribution is 2.52. The van der Waals surface area contributed by atoms with Crippen LogP contribution in [0.15, 0.2) is 18.2 Å². The Morgan fingerprint density at radius 2 is 2.18 bits per heavy atom. The summed E-state index contributed by atoms with van der Waals surface area (Å²) in [7, 11) is 3.72. The largest absolute Gasteiger partial charge is 0.493 e. The second kappa shape index (κ2) is 5.80. The maximum Gasteiger partial charge on any atom is 0.304 e. The molecule has 0 spiro atoms. The molecule has 120 valence electrons. The minimum atomic E-state index is -0.745. The molecule has 3 rings (SSSR count). The topological polar surface area (TPSA) is 59.0 Å². The minimum Gasteiger partial charge on any atom is -0.493 e. The molecule has 1 N–H and O–H groups in total. The van der Waals surface area contributed by atoms with Crippen LogP contribution in [0.2, 0.25) is 0 Å². The van der Waals surface area contributed by atoms with Gasteiger partial charge in [0, 0.05) is 18.5 Å². The highest BCUT2D eigenvalue weighted by molar-refractivity contribution is 5.70. The molecule has 0 aromatic heterocycles. The number of carbonyl (C=O) groups is 1. The zero-order valence-corrected chi connectivity index (χ0v) is 13.2. The van der Waals surface area contributed by atoms with Gasteiger partial charge in [0.2, 0.25) is 0 Å². The Morgan fingerprint density at radius 1 is 1.41 bits per heavy atom. The molecule has 1 atom stereocenters. The minimum absolute atomic E-state index is 0.184. The van der Waals surface area contributed by atoms with E-state index in [2.05, 4.69) is 11.9 Å². The number of aliphatic carboxylic acids is 1. The van der Waals surface area contributed by atoms with Gasteiger partial charge in [-0.1, -0.05) is 6.07 Å². The van der Waals surface area contributed by atoms with Crippen molar-refractivity contribution in [3.8, 4) is 11.5 Å². The molecule has 5 heteroatoms. The van der Waals surface area contributed by atoms with Gasteiger partial charge in [0.05, 0.1) is 13.5 Å². The molecule has 1 aromatic rings. The molecule has 1 aliphatic heterocycles. The van der Waals surface area contributed by atoms with Crippen LogP contribution in [-0.4, -0.2) is 49.3 Å². The third-order valence-electron chi connectivity index (χ3n) is 4.76. The molecule has 1 saturated carbocycles. The Kier molecular flexibility index (Phi) is 4.00. The van der Waals surface area contributed by atoms with Gasteiger partial charge >= 0.3 is 5.97 Å². The van der Waals surface area contributed by atoms with Gasteiger partial charge in [-0.15, -0.1) is 0 Å². The third-order valence-corrected chi connectivity index (χ3v) is 4.76. The Labute approximate surface area is 130 Å². The van der Waals surface area contributed by atoms with Crippen LogP contribution < -0.4 is 9.47 Å². The standard InChI is InChI=1S/C17H23NO4/c1-18-8-5-13(11-18)22-14-4-3-12(9-15(14)21-2)17(6-7-17)10-16(19)20/h3-4,9,13H,5-8,10-11H2,1-2H3,(H,19,20). The summed E-state index contributed by atoms with van der Waals surface area (Å²) in [5.41, 5.74) is 0.841. The number of methoxy groups -OCH3 is 1. The fourth-order valence-corrected chi connectivity index (χ4v) is 3.27. The van der Waals surface area contributed by atoms with Crippen LogP contribution in [0.5, 0.6) is 11.5 Å². The zero-order valence-electron chi connectivity index (χ0n) is 13.2. The quantitative estimate of drug-likeness (QED) is 0.874. The van der Waals surface area contributed by atoms with E-state index >= 15 is 0 Å². The van der Waals surface area contributed by atoms with Gasteiger partial charge in [-0.25, -0.2) is 0 Å². The first-order valence-corrected chi connectivity index (χ1v) is 7.78. The molecule has 1 unspecified atom stereocenters. The van der Waals surface area contributed by atoms with E-state index in [1.54, 1.807) is 7.11 Å². The van der Waals surface area contributed by atoms with Crippen molar-refractivity contribution in [3.63, 3.8) is 0 Å². The Bertz CT molecular complexity index is 568. The molecule has 2 aliphatic rings. The Morgan fingerprint density at radius 3 is 2.73 bits per heavy atom. The number of hydrogen-bond donors (Lipinski definition) is 1. The average molecular weight is 305 g/mol. The molecule has 0 amide bonds. The number of nitrogens with zero attached hydrogens (tertiary/aromatic N) is 1. The molecular weight excluding hydrogens is 282 g/mol. The summed E-state index contributed by atoms with van der Waals surface area (Å²) >= 11 is 0. The van der Waals surface area contributed by atoms with Gasteiger partial charge in [-0.3, -0.25) is 4.79 Å². The van der Waals surface area contributed by atoms with E-state index < -0.39 is 5.97 Å². The predicted octanol–water partition coefficient (Wildman–Crippen LogP) is 2.28. The molecule has 2 fully saturated rings. The van der Waals surface area contributed by atoms with Crippen LogP contribution >= 0.6 is 0 Å². The van der Waals surface area contributed by atoms with Crippen molar-refractivity contribution in [3.05, 3.63) is 23.8 Å². The maximum atomic E-state index is 11.0. The fraction of sp³-hybridized carbons (Fsp3) is 0.588. The average Bonchev–Trinajstić information content (AvgIpc) is 3.13. The lowest BCUT2D eigenvalue weighted by atomic mass is 9.92. The predicted molar refractivity (Wildman–Crippen MR) is 82.7 cm³/mol. The van der Waals surface area contributed by atoms with Gasteiger partial charge in [0.15, 0.2) is 11.5 Å². The lowest BCUT2D eigenvalue weighted by molar-refractivity contribution is -0.137. The van der Waals surface area contributed by atoms with Crippen molar-refractivity contribution in [1.29, 1.82) is 0 Å². The molecule has 1 aliphatic carbocycles. The van der Waals surface area contributed by atoms with E-state index in [-0.39, 0.29) is 17.9 Å². The number of carboxylic acid groups (broad SMARTS) is 1. The highest BCUT2D eigenvalue weighted by atomic mass is 16.5.